The summed E-state index contributed by atoms with van der Waals surface area (Å²) in [6, 6.07) is 6.88. The first kappa shape index (κ1) is 16.4. The molecule has 1 fully saturated rings. The number of sulfonamides is 1. The van der Waals surface area contributed by atoms with Gasteiger partial charge in [0.2, 0.25) is 10.0 Å². The third-order valence-electron chi connectivity index (χ3n) is 3.70. The number of benzene rings is 1. The van der Waals surface area contributed by atoms with E-state index in [1.54, 1.807) is 12.1 Å². The lowest BCUT2D eigenvalue weighted by molar-refractivity contribution is 0.0123. The second-order valence-corrected chi connectivity index (χ2v) is 7.12. The van der Waals surface area contributed by atoms with Crippen LogP contribution in [0.4, 0.5) is 0 Å². The highest BCUT2D eigenvalue weighted by molar-refractivity contribution is 7.89. The molecule has 5 nitrogen and oxygen atoms in total. The third kappa shape index (κ3) is 5.07. The van der Waals surface area contributed by atoms with Crippen LogP contribution < -0.4 is 10.5 Å². The van der Waals surface area contributed by atoms with Crippen LogP contribution in [-0.4, -0.2) is 34.2 Å². The van der Waals surface area contributed by atoms with Crippen LogP contribution in [0, 0.1) is 0 Å². The Morgan fingerprint density at radius 2 is 2.00 bits per heavy atom. The molecular weight excluding hydrogens is 288 g/mol. The molecule has 21 heavy (non-hydrogen) atoms. The van der Waals surface area contributed by atoms with E-state index >= 15 is 0 Å². The highest BCUT2D eigenvalue weighted by Crippen LogP contribution is 2.16. The van der Waals surface area contributed by atoms with Crippen LogP contribution in [0.1, 0.15) is 31.2 Å². The van der Waals surface area contributed by atoms with Gasteiger partial charge in [0.1, 0.15) is 0 Å². The standard InChI is InChI=1S/C15H24N2O3S/c16-10-8-13-4-6-15(7-5-13)21(18,19)17-11-9-14-3-1-2-12-20-14/h4-7,14,17H,1-3,8-12,16H2. The van der Waals surface area contributed by atoms with E-state index in [9.17, 15) is 8.42 Å². The van der Waals surface area contributed by atoms with Crippen molar-refractivity contribution in [3.8, 4) is 0 Å². The van der Waals surface area contributed by atoms with Gasteiger partial charge in [-0.25, -0.2) is 13.1 Å². The topological polar surface area (TPSA) is 81.4 Å². The Hall–Kier alpha value is -0.950. The van der Waals surface area contributed by atoms with Gasteiger partial charge in [-0.3, -0.25) is 0 Å². The van der Waals surface area contributed by atoms with Crippen molar-refractivity contribution in [3.05, 3.63) is 29.8 Å². The molecule has 1 aliphatic rings. The van der Waals surface area contributed by atoms with E-state index in [0.717, 1.165) is 37.9 Å². The van der Waals surface area contributed by atoms with E-state index in [0.29, 0.717) is 18.0 Å². The summed E-state index contributed by atoms with van der Waals surface area (Å²) in [4.78, 5) is 0.299. The summed E-state index contributed by atoms with van der Waals surface area (Å²) in [6.07, 6.45) is 4.97. The quantitative estimate of drug-likeness (QED) is 0.798. The molecule has 0 bridgehead atoms. The minimum Gasteiger partial charge on any atom is -0.378 e. The molecule has 118 valence electrons. The summed E-state index contributed by atoms with van der Waals surface area (Å²) in [7, 11) is -3.43. The molecule has 0 amide bonds. The predicted octanol–water partition coefficient (Wildman–Crippen LogP) is 1.43. The Morgan fingerprint density at radius 1 is 1.24 bits per heavy atom. The molecule has 1 heterocycles. The Morgan fingerprint density at radius 3 is 2.62 bits per heavy atom. The summed E-state index contributed by atoms with van der Waals surface area (Å²) in [5.41, 5.74) is 6.53. The first-order chi connectivity index (χ1) is 10.1. The Kier molecular flexibility index (Phi) is 6.17. The number of ether oxygens (including phenoxy) is 1. The molecule has 3 N–H and O–H groups in total. The smallest absolute Gasteiger partial charge is 0.240 e. The monoisotopic (exact) mass is 312 g/mol. The Balaban J connectivity index is 1.85. The molecule has 1 saturated heterocycles. The Bertz CT molecular complexity index is 522. The van der Waals surface area contributed by atoms with Crippen LogP contribution in [0.15, 0.2) is 29.2 Å². The van der Waals surface area contributed by atoms with Gasteiger partial charge in [-0.1, -0.05) is 12.1 Å². The van der Waals surface area contributed by atoms with Crippen molar-refractivity contribution >= 4 is 10.0 Å². The second-order valence-electron chi connectivity index (χ2n) is 5.36. The minimum absolute atomic E-state index is 0.188. The van der Waals surface area contributed by atoms with Crippen LogP contribution in [0.5, 0.6) is 0 Å². The van der Waals surface area contributed by atoms with Gasteiger partial charge in [0.15, 0.2) is 0 Å². The normalized spacial score (nSPS) is 19.6. The van der Waals surface area contributed by atoms with E-state index in [4.69, 9.17) is 10.5 Å². The fraction of sp³-hybridized carbons (Fsp3) is 0.600. The molecule has 0 spiro atoms. The lowest BCUT2D eigenvalue weighted by Gasteiger charge is -2.22. The highest BCUT2D eigenvalue weighted by atomic mass is 32.2. The van der Waals surface area contributed by atoms with Gasteiger partial charge in [-0.2, -0.15) is 0 Å². The highest BCUT2D eigenvalue weighted by Gasteiger charge is 2.17. The van der Waals surface area contributed by atoms with Crippen molar-refractivity contribution in [2.45, 2.75) is 43.1 Å². The molecule has 1 atom stereocenters. The van der Waals surface area contributed by atoms with Crippen LogP contribution in [0.3, 0.4) is 0 Å². The summed E-state index contributed by atoms with van der Waals surface area (Å²) in [6.45, 7) is 1.77. The van der Waals surface area contributed by atoms with Crippen molar-refractivity contribution in [1.82, 2.24) is 4.72 Å². The molecule has 1 aliphatic heterocycles. The first-order valence-electron chi connectivity index (χ1n) is 7.52. The van der Waals surface area contributed by atoms with Crippen LogP contribution >= 0.6 is 0 Å². The van der Waals surface area contributed by atoms with E-state index < -0.39 is 10.0 Å². The molecule has 0 saturated carbocycles. The lowest BCUT2D eigenvalue weighted by atomic mass is 10.1. The number of nitrogens with one attached hydrogen (secondary N) is 1. The molecular formula is C15H24N2O3S. The van der Waals surface area contributed by atoms with Crippen LogP contribution in [0.2, 0.25) is 0 Å². The molecule has 1 unspecified atom stereocenters. The van der Waals surface area contributed by atoms with Crippen molar-refractivity contribution in [1.29, 1.82) is 0 Å². The van der Waals surface area contributed by atoms with Crippen LogP contribution in [0.25, 0.3) is 0 Å². The van der Waals surface area contributed by atoms with Gasteiger partial charge in [-0.05, 0) is 56.3 Å². The number of rotatable bonds is 7. The van der Waals surface area contributed by atoms with Gasteiger partial charge in [0.25, 0.3) is 0 Å². The predicted molar refractivity (Wildman–Crippen MR) is 82.6 cm³/mol. The summed E-state index contributed by atoms with van der Waals surface area (Å²) in [5.74, 6) is 0. The van der Waals surface area contributed by atoms with Crippen molar-refractivity contribution in [2.75, 3.05) is 19.7 Å². The average molecular weight is 312 g/mol. The van der Waals surface area contributed by atoms with Gasteiger partial charge >= 0.3 is 0 Å². The fourth-order valence-corrected chi connectivity index (χ4v) is 3.52. The maximum absolute atomic E-state index is 12.2. The third-order valence-corrected chi connectivity index (χ3v) is 5.18. The lowest BCUT2D eigenvalue weighted by Crippen LogP contribution is -2.29. The maximum atomic E-state index is 12.2. The fourth-order valence-electron chi connectivity index (χ4n) is 2.47. The van der Waals surface area contributed by atoms with Gasteiger partial charge in [0.05, 0.1) is 11.0 Å². The number of hydrogen-bond donors (Lipinski definition) is 2. The maximum Gasteiger partial charge on any atom is 0.240 e. The van der Waals surface area contributed by atoms with Gasteiger partial charge in [0, 0.05) is 13.2 Å². The van der Waals surface area contributed by atoms with E-state index in [-0.39, 0.29) is 6.10 Å². The van der Waals surface area contributed by atoms with E-state index in [1.807, 2.05) is 12.1 Å². The number of nitrogens with two attached hydrogens (primary N) is 1. The minimum atomic E-state index is -3.43. The molecule has 6 heteroatoms. The van der Waals surface area contributed by atoms with Crippen molar-refractivity contribution < 1.29 is 13.2 Å². The van der Waals surface area contributed by atoms with Crippen molar-refractivity contribution in [2.24, 2.45) is 5.73 Å². The molecule has 1 aromatic rings. The molecule has 0 aliphatic carbocycles. The van der Waals surface area contributed by atoms with Gasteiger partial charge in [-0.15, -0.1) is 0 Å². The summed E-state index contributed by atoms with van der Waals surface area (Å²) in [5, 5.41) is 0. The summed E-state index contributed by atoms with van der Waals surface area (Å²) >= 11 is 0. The van der Waals surface area contributed by atoms with Gasteiger partial charge < -0.3 is 10.5 Å². The largest absolute Gasteiger partial charge is 0.378 e. The zero-order valence-corrected chi connectivity index (χ0v) is 13.1. The first-order valence-corrected chi connectivity index (χ1v) is 9.00. The second kappa shape index (κ2) is 7.89. The number of hydrogen-bond acceptors (Lipinski definition) is 4. The molecule has 0 radical (unpaired) electrons. The SMILES string of the molecule is NCCc1ccc(S(=O)(=O)NCCC2CCCCO2)cc1. The van der Waals surface area contributed by atoms with Crippen LogP contribution in [-0.2, 0) is 21.2 Å². The molecule has 2 rings (SSSR count). The zero-order valence-electron chi connectivity index (χ0n) is 12.3. The molecule has 0 aromatic heterocycles. The summed E-state index contributed by atoms with van der Waals surface area (Å²) < 4.78 is 32.6. The van der Waals surface area contributed by atoms with E-state index in [2.05, 4.69) is 4.72 Å². The zero-order chi connectivity index (χ0) is 15.1. The average Bonchev–Trinajstić information content (AvgIpc) is 2.49. The molecule has 1 aromatic carbocycles. The van der Waals surface area contributed by atoms with Crippen molar-refractivity contribution in [3.63, 3.8) is 0 Å². The van der Waals surface area contributed by atoms with E-state index in [1.165, 1.54) is 6.42 Å². The Labute approximate surface area is 126 Å².